The van der Waals surface area contributed by atoms with E-state index in [0.29, 0.717) is 22.6 Å². The fraction of sp³-hybridized carbons (Fsp3) is 0.333. The van der Waals surface area contributed by atoms with Crippen molar-refractivity contribution in [2.75, 3.05) is 5.32 Å². The first-order valence-corrected chi connectivity index (χ1v) is 8.88. The fourth-order valence-corrected chi connectivity index (χ4v) is 2.28. The third kappa shape index (κ3) is 5.62. The Balaban J connectivity index is 2.03. The maximum atomic E-state index is 12.4. The monoisotopic (exact) mass is 354 g/mol. The minimum Gasteiger partial charge on any atom is -0.491 e. The van der Waals surface area contributed by atoms with Crippen molar-refractivity contribution >= 4 is 17.5 Å². The van der Waals surface area contributed by atoms with E-state index in [1.807, 2.05) is 33.8 Å². The Hall–Kier alpha value is -2.82. The number of amides is 2. The average molecular weight is 354 g/mol. The number of nitrogens with one attached hydrogen (secondary N) is 2. The lowest BCUT2D eigenvalue weighted by Gasteiger charge is -2.13. The molecule has 1 unspecified atom stereocenters. The average Bonchev–Trinajstić information content (AvgIpc) is 2.61. The summed E-state index contributed by atoms with van der Waals surface area (Å²) in [6.07, 6.45) is 0.991. The van der Waals surface area contributed by atoms with Gasteiger partial charge in [-0.3, -0.25) is 9.59 Å². The highest BCUT2D eigenvalue weighted by atomic mass is 16.5. The van der Waals surface area contributed by atoms with E-state index in [9.17, 15) is 9.59 Å². The Labute approximate surface area is 154 Å². The van der Waals surface area contributed by atoms with Crippen molar-refractivity contribution in [1.29, 1.82) is 0 Å². The van der Waals surface area contributed by atoms with Gasteiger partial charge in [0, 0.05) is 22.9 Å². The van der Waals surface area contributed by atoms with Crippen LogP contribution >= 0.6 is 0 Å². The summed E-state index contributed by atoms with van der Waals surface area (Å²) in [5, 5.41) is 5.66. The van der Waals surface area contributed by atoms with Gasteiger partial charge >= 0.3 is 0 Å². The molecule has 2 rings (SSSR count). The lowest BCUT2D eigenvalue weighted by molar-refractivity contribution is 0.0942. The third-order valence-electron chi connectivity index (χ3n) is 3.83. The van der Waals surface area contributed by atoms with Gasteiger partial charge in [0.15, 0.2) is 0 Å². The van der Waals surface area contributed by atoms with Crippen molar-refractivity contribution in [3.05, 3.63) is 59.7 Å². The van der Waals surface area contributed by atoms with Gasteiger partial charge in [0.25, 0.3) is 11.8 Å². The molecule has 0 aliphatic heterocycles. The summed E-state index contributed by atoms with van der Waals surface area (Å²) in [7, 11) is 0. The second-order valence-corrected chi connectivity index (χ2v) is 6.52. The smallest absolute Gasteiger partial charge is 0.255 e. The van der Waals surface area contributed by atoms with Gasteiger partial charge in [0.1, 0.15) is 5.75 Å². The number of benzene rings is 2. The van der Waals surface area contributed by atoms with Crippen LogP contribution in [0.2, 0.25) is 0 Å². The molecule has 0 aliphatic carbocycles. The van der Waals surface area contributed by atoms with E-state index in [1.165, 1.54) is 0 Å². The van der Waals surface area contributed by atoms with Crippen LogP contribution in [-0.4, -0.2) is 24.0 Å². The molecule has 2 N–H and O–H groups in total. The molecule has 138 valence electrons. The summed E-state index contributed by atoms with van der Waals surface area (Å²) in [6, 6.07) is 14.0. The molecule has 26 heavy (non-hydrogen) atoms. The van der Waals surface area contributed by atoms with Crippen LogP contribution in [0.15, 0.2) is 48.5 Å². The fourth-order valence-electron chi connectivity index (χ4n) is 2.28. The van der Waals surface area contributed by atoms with Gasteiger partial charge in [-0.1, -0.05) is 13.0 Å². The van der Waals surface area contributed by atoms with Gasteiger partial charge in [-0.25, -0.2) is 0 Å². The third-order valence-corrected chi connectivity index (χ3v) is 3.83. The highest BCUT2D eigenvalue weighted by Crippen LogP contribution is 2.18. The van der Waals surface area contributed by atoms with Crippen LogP contribution in [0.25, 0.3) is 0 Å². The minimum atomic E-state index is -0.223. The maximum Gasteiger partial charge on any atom is 0.255 e. The maximum absolute atomic E-state index is 12.4. The first kappa shape index (κ1) is 19.5. The molecule has 5 nitrogen and oxygen atoms in total. The molecule has 0 aliphatic rings. The van der Waals surface area contributed by atoms with Gasteiger partial charge < -0.3 is 15.4 Å². The molecule has 0 radical (unpaired) electrons. The van der Waals surface area contributed by atoms with Crippen LogP contribution < -0.4 is 15.4 Å². The van der Waals surface area contributed by atoms with Crippen LogP contribution in [0.3, 0.4) is 0 Å². The molecule has 0 fully saturated rings. The van der Waals surface area contributed by atoms with Crippen molar-refractivity contribution in [3.63, 3.8) is 0 Å². The Kier molecular flexibility index (Phi) is 6.78. The summed E-state index contributed by atoms with van der Waals surface area (Å²) in [5.41, 5.74) is 1.71. The quantitative estimate of drug-likeness (QED) is 0.781. The molecule has 0 bridgehead atoms. The van der Waals surface area contributed by atoms with Crippen LogP contribution in [-0.2, 0) is 0 Å². The Morgan fingerprint density at radius 3 is 2.27 bits per heavy atom. The van der Waals surface area contributed by atoms with Crippen molar-refractivity contribution < 1.29 is 14.3 Å². The second-order valence-electron chi connectivity index (χ2n) is 6.52. The van der Waals surface area contributed by atoms with Crippen molar-refractivity contribution in [3.8, 4) is 5.75 Å². The van der Waals surface area contributed by atoms with Crippen LogP contribution in [0.4, 0.5) is 5.69 Å². The molecule has 2 aromatic rings. The first-order chi connectivity index (χ1) is 12.4. The molecule has 5 heteroatoms. The number of hydrogen-bond acceptors (Lipinski definition) is 3. The predicted molar refractivity (Wildman–Crippen MR) is 104 cm³/mol. The highest BCUT2D eigenvalue weighted by molar-refractivity contribution is 6.04. The summed E-state index contributed by atoms with van der Waals surface area (Å²) in [6.45, 7) is 7.85. The summed E-state index contributed by atoms with van der Waals surface area (Å²) in [4.78, 5) is 24.4. The zero-order valence-corrected chi connectivity index (χ0v) is 15.7. The van der Waals surface area contributed by atoms with E-state index < -0.39 is 0 Å². The molecular weight excluding hydrogens is 328 g/mol. The molecule has 0 aromatic heterocycles. The van der Waals surface area contributed by atoms with E-state index in [1.54, 1.807) is 42.5 Å². The van der Waals surface area contributed by atoms with Crippen LogP contribution in [0, 0.1) is 0 Å². The largest absolute Gasteiger partial charge is 0.491 e. The van der Waals surface area contributed by atoms with Crippen LogP contribution in [0.1, 0.15) is 54.8 Å². The number of carbonyl (C=O) groups excluding carboxylic acids is 2. The molecule has 0 saturated heterocycles. The number of rotatable bonds is 7. The van der Waals surface area contributed by atoms with Gasteiger partial charge in [-0.05, 0) is 69.7 Å². The molecule has 0 heterocycles. The highest BCUT2D eigenvalue weighted by Gasteiger charge is 2.10. The number of ether oxygens (including phenoxy) is 1. The van der Waals surface area contributed by atoms with Gasteiger partial charge in [-0.2, -0.15) is 0 Å². The van der Waals surface area contributed by atoms with Gasteiger partial charge in [0.2, 0.25) is 0 Å². The number of carbonyl (C=O) groups is 2. The van der Waals surface area contributed by atoms with Gasteiger partial charge in [-0.15, -0.1) is 0 Å². The van der Waals surface area contributed by atoms with E-state index in [2.05, 4.69) is 10.6 Å². The second kappa shape index (κ2) is 9.04. The minimum absolute atomic E-state index is 0.0757. The van der Waals surface area contributed by atoms with E-state index in [4.69, 9.17) is 4.74 Å². The van der Waals surface area contributed by atoms with Crippen molar-refractivity contribution in [2.24, 2.45) is 0 Å². The predicted octanol–water partition coefficient (Wildman–Crippen LogP) is 4.25. The normalized spacial score (nSPS) is 11.7. The van der Waals surface area contributed by atoms with Gasteiger partial charge in [0.05, 0.1) is 6.10 Å². The lowest BCUT2D eigenvalue weighted by atomic mass is 10.1. The molecule has 2 aromatic carbocycles. The first-order valence-electron chi connectivity index (χ1n) is 8.88. The zero-order chi connectivity index (χ0) is 19.1. The zero-order valence-electron chi connectivity index (χ0n) is 15.7. The van der Waals surface area contributed by atoms with E-state index >= 15 is 0 Å². The summed E-state index contributed by atoms with van der Waals surface area (Å²) in [5.74, 6) is 0.319. The lowest BCUT2D eigenvalue weighted by Crippen LogP contribution is -2.30. The van der Waals surface area contributed by atoms with Crippen LogP contribution in [0.5, 0.6) is 5.75 Å². The van der Waals surface area contributed by atoms with Crippen molar-refractivity contribution in [1.82, 2.24) is 5.32 Å². The Morgan fingerprint density at radius 2 is 1.65 bits per heavy atom. The van der Waals surface area contributed by atoms with E-state index in [-0.39, 0.29) is 24.0 Å². The topological polar surface area (TPSA) is 67.4 Å². The SMILES string of the molecule is CCC(C)Oc1cccc(C(=O)Nc2ccc(C(=O)NC(C)C)cc2)c1. The molecule has 2 amide bonds. The molecule has 0 spiro atoms. The standard InChI is InChI=1S/C21H26N2O3/c1-5-15(4)26-19-8-6-7-17(13-19)21(25)23-18-11-9-16(10-12-18)20(24)22-14(2)3/h6-15H,5H2,1-4H3,(H,22,24)(H,23,25). The number of anilines is 1. The van der Waals surface area contributed by atoms with E-state index in [0.717, 1.165) is 6.42 Å². The molecule has 0 saturated carbocycles. The Bertz CT molecular complexity index is 754. The molecular formula is C21H26N2O3. The summed E-state index contributed by atoms with van der Waals surface area (Å²) < 4.78 is 5.75. The van der Waals surface area contributed by atoms with Crippen molar-refractivity contribution in [2.45, 2.75) is 46.3 Å². The molecule has 1 atom stereocenters. The Morgan fingerprint density at radius 1 is 0.962 bits per heavy atom. The summed E-state index contributed by atoms with van der Waals surface area (Å²) >= 11 is 0. The number of hydrogen-bond donors (Lipinski definition) is 2.